The van der Waals surface area contributed by atoms with Crippen LogP contribution in [0.4, 0.5) is 4.79 Å². The Balaban J connectivity index is 1.93. The lowest BCUT2D eigenvalue weighted by molar-refractivity contribution is -0.147. The van der Waals surface area contributed by atoms with Crippen LogP contribution in [0.3, 0.4) is 0 Å². The van der Waals surface area contributed by atoms with Crippen LogP contribution in [0.2, 0.25) is 0 Å². The molecule has 0 radical (unpaired) electrons. The molecule has 2 aromatic rings. The van der Waals surface area contributed by atoms with Gasteiger partial charge in [-0.15, -0.1) is 0 Å². The molecule has 138 valence electrons. The Morgan fingerprint density at radius 2 is 1.81 bits per heavy atom. The first-order valence-electron chi connectivity index (χ1n) is 8.61. The van der Waals surface area contributed by atoms with Gasteiger partial charge in [-0.05, 0) is 56.2 Å². The average molecular weight is 356 g/mol. The lowest BCUT2D eigenvalue weighted by Gasteiger charge is -2.36. The molecule has 0 aliphatic carbocycles. The number of carbonyl (C=O) groups excluding carboxylic acids is 2. The van der Waals surface area contributed by atoms with Gasteiger partial charge in [-0.3, -0.25) is 4.90 Å². The summed E-state index contributed by atoms with van der Waals surface area (Å²) in [5, 5.41) is 0. The molecule has 6 nitrogen and oxygen atoms in total. The summed E-state index contributed by atoms with van der Waals surface area (Å²) in [5.74, 6) is -0.434. The number of benzene rings is 1. The zero-order valence-corrected chi connectivity index (χ0v) is 15.6. The van der Waals surface area contributed by atoms with Gasteiger partial charge in [-0.25, -0.2) is 9.59 Å². The van der Waals surface area contributed by atoms with Crippen LogP contribution in [0.1, 0.15) is 31.9 Å². The van der Waals surface area contributed by atoms with E-state index >= 15 is 0 Å². The van der Waals surface area contributed by atoms with E-state index in [0.29, 0.717) is 13.0 Å². The second kappa shape index (κ2) is 6.86. The van der Waals surface area contributed by atoms with E-state index in [1.165, 1.54) is 12.0 Å². The monoisotopic (exact) mass is 356 g/mol. The maximum atomic E-state index is 12.7. The third-order valence-electron chi connectivity index (χ3n) is 4.32. The van der Waals surface area contributed by atoms with Gasteiger partial charge in [0.1, 0.15) is 11.6 Å². The van der Waals surface area contributed by atoms with E-state index in [2.05, 4.69) is 0 Å². The van der Waals surface area contributed by atoms with E-state index in [0.717, 1.165) is 16.8 Å². The molecule has 1 aliphatic heterocycles. The van der Waals surface area contributed by atoms with Crippen molar-refractivity contribution >= 4 is 12.1 Å². The maximum absolute atomic E-state index is 12.7. The van der Waals surface area contributed by atoms with Gasteiger partial charge in [-0.1, -0.05) is 6.07 Å². The van der Waals surface area contributed by atoms with E-state index in [4.69, 9.17) is 9.47 Å². The van der Waals surface area contributed by atoms with Crippen molar-refractivity contribution in [2.24, 2.45) is 0 Å². The molecule has 3 rings (SSSR count). The highest BCUT2D eigenvalue weighted by molar-refractivity contribution is 5.82. The number of nitrogens with zero attached hydrogens (tertiary/aromatic N) is 2. The summed E-state index contributed by atoms with van der Waals surface area (Å²) < 4.78 is 12.4. The van der Waals surface area contributed by atoms with Crippen molar-refractivity contribution in [1.29, 1.82) is 0 Å². The van der Waals surface area contributed by atoms with Crippen molar-refractivity contribution in [3.05, 3.63) is 53.9 Å². The zero-order chi connectivity index (χ0) is 18.9. The third kappa shape index (κ3) is 3.74. The number of esters is 1. The van der Waals surface area contributed by atoms with Gasteiger partial charge in [0.2, 0.25) is 0 Å². The van der Waals surface area contributed by atoms with Gasteiger partial charge >= 0.3 is 12.1 Å². The summed E-state index contributed by atoms with van der Waals surface area (Å²) in [4.78, 5) is 26.4. The van der Waals surface area contributed by atoms with Crippen LogP contribution >= 0.6 is 0 Å². The molecule has 1 aliphatic rings. The van der Waals surface area contributed by atoms with E-state index in [-0.39, 0.29) is 0 Å². The van der Waals surface area contributed by atoms with E-state index in [9.17, 15) is 9.59 Å². The number of ether oxygens (including phenoxy) is 2. The van der Waals surface area contributed by atoms with E-state index < -0.39 is 23.7 Å². The SMILES string of the molecule is COC(=O)[C@@H]1Cc2ccc(-n3cccc3)cc2CN1C(=O)OC(C)(C)C. The smallest absolute Gasteiger partial charge is 0.411 e. The highest BCUT2D eigenvalue weighted by Gasteiger charge is 2.37. The molecule has 0 saturated heterocycles. The fourth-order valence-corrected chi connectivity index (χ4v) is 3.10. The molecule has 0 spiro atoms. The van der Waals surface area contributed by atoms with Crippen LogP contribution in [0.15, 0.2) is 42.7 Å². The molecule has 0 unspecified atom stereocenters. The average Bonchev–Trinajstić information content (AvgIpc) is 3.12. The van der Waals surface area contributed by atoms with Gasteiger partial charge in [0.15, 0.2) is 0 Å². The Morgan fingerprint density at radius 3 is 2.42 bits per heavy atom. The molecule has 1 atom stereocenters. The molecule has 26 heavy (non-hydrogen) atoms. The summed E-state index contributed by atoms with van der Waals surface area (Å²) in [6, 6.07) is 9.29. The Morgan fingerprint density at radius 1 is 1.12 bits per heavy atom. The number of hydrogen-bond donors (Lipinski definition) is 0. The first-order chi connectivity index (χ1) is 12.3. The van der Waals surface area contributed by atoms with Crippen LogP contribution in [-0.4, -0.2) is 40.3 Å². The number of fused-ring (bicyclic) bond motifs is 1. The molecular weight excluding hydrogens is 332 g/mol. The molecule has 0 N–H and O–H groups in total. The summed E-state index contributed by atoms with van der Waals surface area (Å²) >= 11 is 0. The molecule has 1 aromatic heterocycles. The first kappa shape index (κ1) is 18.0. The standard InChI is InChI=1S/C20H24N2O4/c1-20(2,3)26-19(24)22-13-15-11-16(21-9-5-6-10-21)8-7-14(15)12-17(22)18(23)25-4/h5-11,17H,12-13H2,1-4H3/t17-/m0/s1. The number of hydrogen-bond acceptors (Lipinski definition) is 4. The fourth-order valence-electron chi connectivity index (χ4n) is 3.10. The molecule has 0 saturated carbocycles. The van der Waals surface area contributed by atoms with Gasteiger partial charge in [0.05, 0.1) is 13.7 Å². The van der Waals surface area contributed by atoms with Crippen molar-refractivity contribution in [2.45, 2.75) is 45.4 Å². The van der Waals surface area contributed by atoms with Crippen molar-refractivity contribution < 1.29 is 19.1 Å². The zero-order valence-electron chi connectivity index (χ0n) is 15.6. The van der Waals surface area contributed by atoms with E-state index in [1.54, 1.807) is 20.8 Å². The van der Waals surface area contributed by atoms with Crippen LogP contribution in [0, 0.1) is 0 Å². The molecule has 1 amide bonds. The van der Waals surface area contributed by atoms with Crippen molar-refractivity contribution in [2.75, 3.05) is 7.11 Å². The predicted molar refractivity (Wildman–Crippen MR) is 97.1 cm³/mol. The summed E-state index contributed by atoms with van der Waals surface area (Å²) in [5.41, 5.74) is 2.41. The molecule has 2 heterocycles. The minimum Gasteiger partial charge on any atom is -0.467 e. The minimum atomic E-state index is -0.681. The van der Waals surface area contributed by atoms with E-state index in [1.807, 2.05) is 47.3 Å². The van der Waals surface area contributed by atoms with Gasteiger partial charge in [-0.2, -0.15) is 0 Å². The van der Waals surface area contributed by atoms with Crippen LogP contribution in [0.25, 0.3) is 5.69 Å². The van der Waals surface area contributed by atoms with Gasteiger partial charge < -0.3 is 14.0 Å². The largest absolute Gasteiger partial charge is 0.467 e. The lowest BCUT2D eigenvalue weighted by Crippen LogP contribution is -2.50. The molecule has 1 aromatic carbocycles. The number of carbonyl (C=O) groups is 2. The van der Waals surface area contributed by atoms with Crippen molar-refractivity contribution in [1.82, 2.24) is 9.47 Å². The van der Waals surface area contributed by atoms with Crippen molar-refractivity contribution in [3.8, 4) is 5.69 Å². The minimum absolute atomic E-state index is 0.305. The van der Waals surface area contributed by atoms with Crippen LogP contribution in [-0.2, 0) is 27.2 Å². The topological polar surface area (TPSA) is 60.8 Å². The molecule has 0 bridgehead atoms. The fraction of sp³-hybridized carbons (Fsp3) is 0.400. The quantitative estimate of drug-likeness (QED) is 0.775. The Kier molecular flexibility index (Phi) is 4.76. The summed E-state index contributed by atoms with van der Waals surface area (Å²) in [6.45, 7) is 5.72. The number of rotatable bonds is 2. The summed E-state index contributed by atoms with van der Waals surface area (Å²) in [7, 11) is 1.33. The highest BCUT2D eigenvalue weighted by Crippen LogP contribution is 2.28. The third-order valence-corrected chi connectivity index (χ3v) is 4.32. The second-order valence-electron chi connectivity index (χ2n) is 7.39. The van der Waals surface area contributed by atoms with Crippen molar-refractivity contribution in [3.63, 3.8) is 0 Å². The summed E-state index contributed by atoms with van der Waals surface area (Å²) in [6.07, 6.45) is 3.83. The first-order valence-corrected chi connectivity index (χ1v) is 8.61. The molecular formula is C20H24N2O4. The normalized spacial score (nSPS) is 16.8. The van der Waals surface area contributed by atoms with Gasteiger partial charge in [0.25, 0.3) is 0 Å². The number of aromatic nitrogens is 1. The molecule has 6 heteroatoms. The number of methoxy groups -OCH3 is 1. The molecule has 0 fully saturated rings. The predicted octanol–water partition coefficient (Wildman–Crippen LogP) is 3.31. The Bertz CT molecular complexity index is 806. The number of amides is 1. The van der Waals surface area contributed by atoms with Crippen LogP contribution < -0.4 is 0 Å². The Labute approximate surface area is 153 Å². The van der Waals surface area contributed by atoms with Crippen LogP contribution in [0.5, 0.6) is 0 Å². The highest BCUT2D eigenvalue weighted by atomic mass is 16.6. The maximum Gasteiger partial charge on any atom is 0.411 e. The van der Waals surface area contributed by atoms with Gasteiger partial charge in [0, 0.05) is 24.5 Å². The second-order valence-corrected chi connectivity index (χ2v) is 7.39. The lowest BCUT2D eigenvalue weighted by atomic mass is 9.93. The Hall–Kier alpha value is -2.76.